The van der Waals surface area contributed by atoms with Crippen molar-refractivity contribution in [1.29, 1.82) is 0 Å². The third-order valence-electron chi connectivity index (χ3n) is 4.48. The van der Waals surface area contributed by atoms with Crippen LogP contribution in [0.2, 0.25) is 0 Å². The van der Waals surface area contributed by atoms with Crippen LogP contribution in [0.4, 0.5) is 15.9 Å². The number of halogens is 1. The normalized spacial score (nSPS) is 14.7. The van der Waals surface area contributed by atoms with E-state index in [0.717, 1.165) is 0 Å². The van der Waals surface area contributed by atoms with Crippen molar-refractivity contribution >= 4 is 23.3 Å². The van der Waals surface area contributed by atoms with Gasteiger partial charge in [0, 0.05) is 18.7 Å². The predicted molar refractivity (Wildman–Crippen MR) is 97.5 cm³/mol. The number of rotatable bonds is 4. The van der Waals surface area contributed by atoms with E-state index >= 15 is 0 Å². The van der Waals surface area contributed by atoms with Gasteiger partial charge in [0.15, 0.2) is 0 Å². The Morgan fingerprint density at radius 1 is 1.27 bits per heavy atom. The van der Waals surface area contributed by atoms with Crippen LogP contribution in [0.25, 0.3) is 0 Å². The second kappa shape index (κ2) is 7.11. The van der Waals surface area contributed by atoms with Crippen LogP contribution < -0.4 is 15.5 Å². The highest BCUT2D eigenvalue weighted by Crippen LogP contribution is 2.27. The first-order chi connectivity index (χ1) is 12.4. The maximum absolute atomic E-state index is 14.0. The smallest absolute Gasteiger partial charge is 0.239 e. The minimum atomic E-state index is -1.03. The Balaban J connectivity index is 1.71. The fourth-order valence-corrected chi connectivity index (χ4v) is 2.86. The number of aromatic nitrogens is 1. The number of hydrogen-bond acceptors (Lipinski definition) is 4. The van der Waals surface area contributed by atoms with Gasteiger partial charge in [-0.05, 0) is 32.0 Å². The van der Waals surface area contributed by atoms with Crippen molar-refractivity contribution in [3.05, 3.63) is 54.0 Å². The van der Waals surface area contributed by atoms with Crippen LogP contribution in [0.15, 0.2) is 42.6 Å². The van der Waals surface area contributed by atoms with Gasteiger partial charge in [0.25, 0.3) is 0 Å². The highest BCUT2D eigenvalue weighted by Gasteiger charge is 2.32. The Morgan fingerprint density at radius 2 is 2.04 bits per heavy atom. The van der Waals surface area contributed by atoms with Crippen LogP contribution in [0, 0.1) is 5.82 Å². The predicted octanol–water partition coefficient (Wildman–Crippen LogP) is 2.07. The maximum Gasteiger partial charge on any atom is 0.239 e. The molecule has 1 saturated heterocycles. The minimum absolute atomic E-state index is 0.0398. The van der Waals surface area contributed by atoms with Gasteiger partial charge in [-0.25, -0.2) is 9.37 Å². The van der Waals surface area contributed by atoms with Crippen molar-refractivity contribution in [1.82, 2.24) is 10.3 Å². The van der Waals surface area contributed by atoms with Gasteiger partial charge in [0.1, 0.15) is 11.6 Å². The summed E-state index contributed by atoms with van der Waals surface area (Å²) in [5, 5.41) is 5.54. The Bertz CT molecular complexity index is 821. The lowest BCUT2D eigenvalue weighted by molar-refractivity contribution is -0.121. The minimum Gasteiger partial charge on any atom is -0.353 e. The van der Waals surface area contributed by atoms with Gasteiger partial charge in [0.2, 0.25) is 11.8 Å². The van der Waals surface area contributed by atoms with Crippen LogP contribution >= 0.6 is 0 Å². The van der Waals surface area contributed by atoms with Crippen LogP contribution in [-0.4, -0.2) is 36.4 Å². The number of nitrogens with zero attached hydrogens (tertiary/aromatic N) is 2. The second-order valence-electron chi connectivity index (χ2n) is 6.74. The van der Waals surface area contributed by atoms with E-state index in [9.17, 15) is 14.0 Å². The molecule has 0 saturated carbocycles. The lowest BCUT2D eigenvalue weighted by Gasteiger charge is -2.28. The van der Waals surface area contributed by atoms with E-state index in [0.29, 0.717) is 30.2 Å². The number of anilines is 2. The van der Waals surface area contributed by atoms with E-state index in [-0.39, 0.29) is 18.4 Å². The maximum atomic E-state index is 14.0. The summed E-state index contributed by atoms with van der Waals surface area (Å²) in [7, 11) is 0. The number of nitrogens with one attached hydrogen (secondary N) is 2. The molecule has 3 rings (SSSR count). The Morgan fingerprint density at radius 3 is 2.69 bits per heavy atom. The number of hydrogen-bond donors (Lipinski definition) is 2. The van der Waals surface area contributed by atoms with E-state index in [2.05, 4.69) is 15.6 Å². The molecule has 7 heteroatoms. The van der Waals surface area contributed by atoms with Gasteiger partial charge in [-0.15, -0.1) is 0 Å². The third-order valence-corrected chi connectivity index (χ3v) is 4.48. The van der Waals surface area contributed by atoms with Crippen LogP contribution in [0.3, 0.4) is 0 Å². The molecule has 0 atom stereocenters. The summed E-state index contributed by atoms with van der Waals surface area (Å²) in [5.41, 5.74) is -0.180. The number of pyridine rings is 1. The molecule has 0 bridgehead atoms. The van der Waals surface area contributed by atoms with Gasteiger partial charge in [-0.2, -0.15) is 0 Å². The molecule has 2 N–H and O–H groups in total. The number of benzene rings is 1. The van der Waals surface area contributed by atoms with Crippen molar-refractivity contribution in [2.75, 3.05) is 29.9 Å². The standard InChI is InChI=1S/C19H21FN4O2/c1-19(2,14-5-3-4-6-15(14)20)18(26)23-13-7-8-16(22-11-13)24-10-9-21-17(25)12-24/h3-8,11H,9-10,12H2,1-2H3,(H,21,25)(H,23,26). The molecule has 6 nitrogen and oxygen atoms in total. The van der Waals surface area contributed by atoms with Gasteiger partial charge >= 0.3 is 0 Å². The lowest BCUT2D eigenvalue weighted by atomic mass is 9.83. The van der Waals surface area contributed by atoms with Gasteiger partial charge in [-0.3, -0.25) is 9.59 Å². The molecule has 136 valence electrons. The van der Waals surface area contributed by atoms with Crippen LogP contribution in [-0.2, 0) is 15.0 Å². The molecule has 0 aliphatic carbocycles. The molecule has 2 amide bonds. The van der Waals surface area contributed by atoms with E-state index in [1.807, 2.05) is 4.90 Å². The zero-order valence-electron chi connectivity index (χ0n) is 14.8. The van der Waals surface area contributed by atoms with E-state index < -0.39 is 11.2 Å². The summed E-state index contributed by atoms with van der Waals surface area (Å²) in [6.45, 7) is 4.88. The molecule has 1 fully saturated rings. The first-order valence-corrected chi connectivity index (χ1v) is 8.42. The van der Waals surface area contributed by atoms with Gasteiger partial charge < -0.3 is 15.5 Å². The summed E-state index contributed by atoms with van der Waals surface area (Å²) in [6.07, 6.45) is 1.54. The number of piperazine rings is 1. The van der Waals surface area contributed by atoms with Gasteiger partial charge in [0.05, 0.1) is 23.8 Å². The van der Waals surface area contributed by atoms with Crippen molar-refractivity contribution in [2.45, 2.75) is 19.3 Å². The quantitative estimate of drug-likeness (QED) is 0.880. The molecular formula is C19H21FN4O2. The Hall–Kier alpha value is -2.96. The average molecular weight is 356 g/mol. The fourth-order valence-electron chi connectivity index (χ4n) is 2.86. The summed E-state index contributed by atoms with van der Waals surface area (Å²) in [4.78, 5) is 30.3. The molecular weight excluding hydrogens is 335 g/mol. The molecule has 1 aromatic carbocycles. The van der Waals surface area contributed by atoms with Crippen LogP contribution in [0.5, 0.6) is 0 Å². The molecule has 0 spiro atoms. The SMILES string of the molecule is CC(C)(C(=O)Nc1ccc(N2CCNC(=O)C2)nc1)c1ccccc1F. The first-order valence-electron chi connectivity index (χ1n) is 8.42. The second-order valence-corrected chi connectivity index (χ2v) is 6.74. The monoisotopic (exact) mass is 356 g/mol. The molecule has 0 unspecified atom stereocenters. The third kappa shape index (κ3) is 3.66. The van der Waals surface area contributed by atoms with Crippen LogP contribution in [0.1, 0.15) is 19.4 Å². The van der Waals surface area contributed by atoms with E-state index in [4.69, 9.17) is 0 Å². The zero-order valence-corrected chi connectivity index (χ0v) is 14.8. The molecule has 26 heavy (non-hydrogen) atoms. The zero-order chi connectivity index (χ0) is 18.7. The number of carbonyl (C=O) groups is 2. The number of carbonyl (C=O) groups excluding carboxylic acids is 2. The fraction of sp³-hybridized carbons (Fsp3) is 0.316. The summed E-state index contributed by atoms with van der Waals surface area (Å²) in [5.74, 6) is -0.104. The highest BCUT2D eigenvalue weighted by molar-refractivity contribution is 5.98. The van der Waals surface area contributed by atoms with Crippen molar-refractivity contribution in [2.24, 2.45) is 0 Å². The summed E-state index contributed by atoms with van der Waals surface area (Å²) in [6, 6.07) is 9.73. The van der Waals surface area contributed by atoms with Crippen molar-refractivity contribution in [3.8, 4) is 0 Å². The Labute approximate surface area is 151 Å². The molecule has 1 aliphatic rings. The number of amides is 2. The highest BCUT2D eigenvalue weighted by atomic mass is 19.1. The average Bonchev–Trinajstić information content (AvgIpc) is 2.62. The van der Waals surface area contributed by atoms with Gasteiger partial charge in [-0.1, -0.05) is 18.2 Å². The molecule has 0 radical (unpaired) electrons. The summed E-state index contributed by atoms with van der Waals surface area (Å²) >= 11 is 0. The first kappa shape index (κ1) is 17.8. The Kier molecular flexibility index (Phi) is 4.88. The summed E-state index contributed by atoms with van der Waals surface area (Å²) < 4.78 is 14.0. The molecule has 1 aliphatic heterocycles. The largest absolute Gasteiger partial charge is 0.353 e. The molecule has 2 heterocycles. The van der Waals surface area contributed by atoms with Crippen molar-refractivity contribution < 1.29 is 14.0 Å². The topological polar surface area (TPSA) is 74.3 Å². The molecule has 1 aromatic heterocycles. The van der Waals surface area contributed by atoms with E-state index in [1.54, 1.807) is 44.2 Å². The lowest BCUT2D eigenvalue weighted by Crippen LogP contribution is -2.48. The molecule has 2 aromatic rings. The van der Waals surface area contributed by atoms with Crippen molar-refractivity contribution in [3.63, 3.8) is 0 Å². The van der Waals surface area contributed by atoms with E-state index in [1.165, 1.54) is 12.3 Å².